The zero-order chi connectivity index (χ0) is 20.2. The Balaban J connectivity index is 2.51. The first-order valence-corrected chi connectivity index (χ1v) is 15.5. The van der Waals surface area contributed by atoms with E-state index in [0.29, 0.717) is 6.61 Å². The van der Waals surface area contributed by atoms with E-state index in [1.807, 2.05) is 24.3 Å². The van der Waals surface area contributed by atoms with E-state index in [2.05, 4.69) is 67.7 Å². The van der Waals surface area contributed by atoms with E-state index in [-0.39, 0.29) is 10.1 Å². The van der Waals surface area contributed by atoms with Gasteiger partial charge in [-0.2, -0.15) is 0 Å². The fourth-order valence-electron chi connectivity index (χ4n) is 1.87. The Morgan fingerprint density at radius 1 is 0.769 bits per heavy atom. The Labute approximate surface area is 163 Å². The summed E-state index contributed by atoms with van der Waals surface area (Å²) in [6, 6.07) is 8.03. The molecule has 0 unspecified atom stereocenters. The van der Waals surface area contributed by atoms with Gasteiger partial charge in [-0.1, -0.05) is 47.6 Å². The minimum atomic E-state index is -1.82. The number of rotatable bonds is 8. The summed E-state index contributed by atoms with van der Waals surface area (Å²) in [4.78, 5) is 0. The van der Waals surface area contributed by atoms with Crippen molar-refractivity contribution in [3.05, 3.63) is 24.3 Å². The van der Waals surface area contributed by atoms with E-state index >= 15 is 0 Å². The Morgan fingerprint density at radius 3 is 1.85 bits per heavy atom. The van der Waals surface area contributed by atoms with Gasteiger partial charge in [0.05, 0.1) is 6.61 Å². The Bertz CT molecular complexity index is 569. The highest BCUT2D eigenvalue weighted by atomic mass is 28.4. The summed E-state index contributed by atoms with van der Waals surface area (Å²) in [6.45, 7) is 24.1. The van der Waals surface area contributed by atoms with Crippen molar-refractivity contribution in [1.29, 1.82) is 0 Å². The van der Waals surface area contributed by atoms with Crippen LogP contribution in [0.3, 0.4) is 0 Å². The second-order valence-corrected chi connectivity index (χ2v) is 19.7. The molecule has 0 amide bonds. The van der Waals surface area contributed by atoms with E-state index in [1.54, 1.807) is 0 Å². The van der Waals surface area contributed by atoms with Crippen LogP contribution >= 0.6 is 0 Å². The van der Waals surface area contributed by atoms with E-state index in [0.717, 1.165) is 24.5 Å². The fraction of sp³-hybridized carbons (Fsp3) is 0.714. The molecule has 26 heavy (non-hydrogen) atoms. The van der Waals surface area contributed by atoms with Crippen LogP contribution in [0.2, 0.25) is 36.3 Å². The first-order valence-electron chi connectivity index (χ1n) is 9.72. The highest BCUT2D eigenvalue weighted by Gasteiger charge is 2.39. The molecule has 0 radical (unpaired) electrons. The fourth-order valence-corrected chi connectivity index (χ4v) is 3.98. The Kier molecular flexibility index (Phi) is 7.59. The summed E-state index contributed by atoms with van der Waals surface area (Å²) < 4.78 is 18.5. The summed E-state index contributed by atoms with van der Waals surface area (Å²) >= 11 is 0. The average molecular weight is 397 g/mol. The van der Waals surface area contributed by atoms with Gasteiger partial charge in [0.25, 0.3) is 0 Å². The maximum absolute atomic E-state index is 6.36. The lowest BCUT2D eigenvalue weighted by molar-refractivity contribution is 0.233. The molecule has 150 valence electrons. The Morgan fingerprint density at radius 2 is 1.31 bits per heavy atom. The van der Waals surface area contributed by atoms with Crippen LogP contribution in [0.15, 0.2) is 24.3 Å². The largest absolute Gasteiger partial charge is 0.543 e. The smallest absolute Gasteiger partial charge is 0.250 e. The van der Waals surface area contributed by atoms with Gasteiger partial charge in [0.2, 0.25) is 8.32 Å². The van der Waals surface area contributed by atoms with E-state index in [9.17, 15) is 0 Å². The van der Waals surface area contributed by atoms with Crippen LogP contribution in [0.5, 0.6) is 11.5 Å². The molecule has 1 aromatic rings. The van der Waals surface area contributed by atoms with Crippen molar-refractivity contribution in [3.63, 3.8) is 0 Å². The van der Waals surface area contributed by atoms with E-state index < -0.39 is 16.6 Å². The normalized spacial score (nSPS) is 13.6. The second-order valence-electron chi connectivity index (χ2n) is 10.1. The molecule has 0 saturated carbocycles. The van der Waals surface area contributed by atoms with E-state index in [1.165, 1.54) is 0 Å². The molecule has 0 aliphatic rings. The third-order valence-corrected chi connectivity index (χ3v) is 14.7. The quantitative estimate of drug-likeness (QED) is 0.355. The van der Waals surface area contributed by atoms with Crippen molar-refractivity contribution in [2.24, 2.45) is 0 Å². The predicted molar refractivity (Wildman–Crippen MR) is 118 cm³/mol. The van der Waals surface area contributed by atoms with E-state index in [4.69, 9.17) is 13.6 Å². The van der Waals surface area contributed by atoms with Crippen LogP contribution in [0, 0.1) is 0 Å². The van der Waals surface area contributed by atoms with Gasteiger partial charge in [0, 0.05) is 19.1 Å². The van der Waals surface area contributed by atoms with Crippen molar-refractivity contribution in [1.82, 2.24) is 0 Å². The molecule has 0 aromatic heterocycles. The average Bonchev–Trinajstić information content (AvgIpc) is 2.44. The number of hydrogen-bond acceptors (Lipinski definition) is 3. The molecule has 0 heterocycles. The molecular formula is C21H40O3Si2. The molecule has 0 N–H and O–H groups in total. The molecule has 3 nitrogen and oxygen atoms in total. The lowest BCUT2D eigenvalue weighted by atomic mass is 10.2. The topological polar surface area (TPSA) is 27.7 Å². The van der Waals surface area contributed by atoms with Gasteiger partial charge in [-0.25, -0.2) is 0 Å². The first kappa shape index (κ1) is 23.3. The third kappa shape index (κ3) is 6.74. The van der Waals surface area contributed by atoms with Gasteiger partial charge < -0.3 is 13.6 Å². The molecule has 0 aliphatic heterocycles. The second kappa shape index (κ2) is 8.49. The van der Waals surface area contributed by atoms with Gasteiger partial charge in [0.1, 0.15) is 11.5 Å². The molecule has 5 heteroatoms. The van der Waals surface area contributed by atoms with Crippen LogP contribution < -0.4 is 9.16 Å². The van der Waals surface area contributed by atoms with Crippen LogP contribution in [0.25, 0.3) is 0 Å². The number of benzene rings is 1. The molecule has 0 aliphatic carbocycles. The van der Waals surface area contributed by atoms with Crippen molar-refractivity contribution < 1.29 is 13.6 Å². The highest BCUT2D eigenvalue weighted by Crippen LogP contribution is 2.38. The number of ether oxygens (including phenoxy) is 1. The highest BCUT2D eigenvalue weighted by molar-refractivity contribution is 6.75. The van der Waals surface area contributed by atoms with Crippen LogP contribution in [0.4, 0.5) is 0 Å². The zero-order valence-electron chi connectivity index (χ0n) is 18.7. The monoisotopic (exact) mass is 396 g/mol. The van der Waals surface area contributed by atoms with Crippen molar-refractivity contribution in [3.8, 4) is 11.5 Å². The van der Waals surface area contributed by atoms with Crippen molar-refractivity contribution in [2.45, 2.75) is 84.2 Å². The molecule has 0 saturated heterocycles. The summed E-state index contributed by atoms with van der Waals surface area (Å²) in [5.74, 6) is 1.78. The molecular weight excluding hydrogens is 356 g/mol. The molecule has 0 fully saturated rings. The minimum Gasteiger partial charge on any atom is -0.543 e. The van der Waals surface area contributed by atoms with Gasteiger partial charge in [-0.3, -0.25) is 0 Å². The first-order chi connectivity index (χ1) is 11.7. The van der Waals surface area contributed by atoms with Crippen molar-refractivity contribution in [2.75, 3.05) is 13.2 Å². The van der Waals surface area contributed by atoms with Crippen LogP contribution in [-0.4, -0.2) is 29.8 Å². The zero-order valence-corrected chi connectivity index (χ0v) is 20.7. The molecule has 0 bridgehead atoms. The molecule has 0 atom stereocenters. The lowest BCUT2D eigenvalue weighted by Crippen LogP contribution is -2.43. The predicted octanol–water partition coefficient (Wildman–Crippen LogP) is 6.86. The summed E-state index contributed by atoms with van der Waals surface area (Å²) in [5.41, 5.74) is 0. The van der Waals surface area contributed by atoms with Crippen LogP contribution in [-0.2, 0) is 4.43 Å². The SMILES string of the molecule is CC(C)(C)[Si](C)(C)OCCCOc1cccc(O[Si](C)(C)C(C)(C)C)c1. The number of hydrogen-bond donors (Lipinski definition) is 0. The third-order valence-electron chi connectivity index (χ3n) is 5.81. The standard InChI is InChI=1S/C21H40O3Si2/c1-20(2,3)25(7,8)23-16-12-15-22-18-13-11-14-19(17-18)24-26(9,10)21(4,5)6/h11,13-14,17H,12,15-16H2,1-10H3. The van der Waals surface area contributed by atoms with Gasteiger partial charge in [-0.05, 0) is 48.4 Å². The van der Waals surface area contributed by atoms with Gasteiger partial charge in [0.15, 0.2) is 8.32 Å². The maximum Gasteiger partial charge on any atom is 0.250 e. The maximum atomic E-state index is 6.36. The summed E-state index contributed by atoms with van der Waals surface area (Å²) in [5, 5.41) is 0.439. The minimum absolute atomic E-state index is 0.185. The molecule has 0 spiro atoms. The van der Waals surface area contributed by atoms with Crippen LogP contribution in [0.1, 0.15) is 48.0 Å². The van der Waals surface area contributed by atoms with Gasteiger partial charge >= 0.3 is 0 Å². The summed E-state index contributed by atoms with van der Waals surface area (Å²) in [7, 11) is -3.48. The van der Waals surface area contributed by atoms with Gasteiger partial charge in [-0.15, -0.1) is 0 Å². The molecule has 1 aromatic carbocycles. The molecule has 1 rings (SSSR count). The lowest BCUT2D eigenvalue weighted by Gasteiger charge is -2.36. The Hall–Kier alpha value is -0.786. The van der Waals surface area contributed by atoms with Crippen molar-refractivity contribution >= 4 is 16.6 Å². The summed E-state index contributed by atoms with van der Waals surface area (Å²) in [6.07, 6.45) is 0.903.